The Morgan fingerprint density at radius 1 is 1.26 bits per heavy atom. The maximum Gasteiger partial charge on any atom is 0.410 e. The fraction of sp³-hybridized carbons (Fsp3) is 0.353. The number of aromatic nitrogens is 5. The first kappa shape index (κ1) is 17.8. The summed E-state index contributed by atoms with van der Waals surface area (Å²) in [5, 5.41) is 14.1. The van der Waals surface area contributed by atoms with Gasteiger partial charge in [-0.3, -0.25) is 9.67 Å². The van der Waals surface area contributed by atoms with Gasteiger partial charge in [-0.25, -0.2) is 4.68 Å². The smallest absolute Gasteiger partial charge is 0.367 e. The quantitative estimate of drug-likeness (QED) is 0.632. The fourth-order valence-corrected chi connectivity index (χ4v) is 3.65. The largest absolute Gasteiger partial charge is 0.410 e. The van der Waals surface area contributed by atoms with Crippen molar-refractivity contribution in [2.45, 2.75) is 38.5 Å². The zero-order valence-electron chi connectivity index (χ0n) is 14.6. The van der Waals surface area contributed by atoms with Gasteiger partial charge in [0.2, 0.25) is 0 Å². The molecule has 4 rings (SSSR count). The van der Waals surface area contributed by atoms with Crippen molar-refractivity contribution in [3.63, 3.8) is 0 Å². The number of H-pyrrole nitrogens is 1. The number of fused-ring (bicyclic) bond motifs is 1. The standard InChI is InChI=1S/C17H17F3N6S/c1-9-5-3-4-6-12(9)25-15(23-24-16(25)27)11-8-21-26-13(17(18,19)20)7-10(2)22-14(11)26/h3-6,8,10,13,22H,7H2,1-2H3,(H,24,27)/t10-,13+/m1/s1. The lowest BCUT2D eigenvalue weighted by Gasteiger charge is -2.32. The van der Waals surface area contributed by atoms with Gasteiger partial charge in [-0.2, -0.15) is 23.4 Å². The van der Waals surface area contributed by atoms with E-state index in [9.17, 15) is 13.2 Å². The van der Waals surface area contributed by atoms with E-state index in [1.54, 1.807) is 11.5 Å². The molecule has 1 aliphatic rings. The van der Waals surface area contributed by atoms with Gasteiger partial charge in [0.15, 0.2) is 16.6 Å². The van der Waals surface area contributed by atoms with Gasteiger partial charge < -0.3 is 5.32 Å². The Labute approximate surface area is 158 Å². The van der Waals surface area contributed by atoms with Gasteiger partial charge in [0.1, 0.15) is 5.82 Å². The number of benzene rings is 1. The lowest BCUT2D eigenvalue weighted by molar-refractivity contribution is -0.173. The van der Waals surface area contributed by atoms with E-state index >= 15 is 0 Å². The molecule has 0 saturated carbocycles. The number of aryl methyl sites for hydroxylation is 1. The van der Waals surface area contributed by atoms with E-state index in [0.717, 1.165) is 15.9 Å². The predicted octanol–water partition coefficient (Wildman–Crippen LogP) is 4.41. The molecular formula is C17H17F3N6S. The van der Waals surface area contributed by atoms with Crippen molar-refractivity contribution in [2.24, 2.45) is 0 Å². The van der Waals surface area contributed by atoms with E-state index < -0.39 is 12.2 Å². The van der Waals surface area contributed by atoms with Gasteiger partial charge in [0.25, 0.3) is 0 Å². The van der Waals surface area contributed by atoms with Crippen LogP contribution in [0, 0.1) is 11.7 Å². The van der Waals surface area contributed by atoms with E-state index in [0.29, 0.717) is 22.0 Å². The van der Waals surface area contributed by atoms with Crippen LogP contribution in [0.5, 0.6) is 0 Å². The molecule has 6 nitrogen and oxygen atoms in total. The summed E-state index contributed by atoms with van der Waals surface area (Å²) in [7, 11) is 0. The Balaban J connectivity index is 1.90. The molecule has 142 valence electrons. The number of aromatic amines is 1. The average Bonchev–Trinajstić information content (AvgIpc) is 3.17. The van der Waals surface area contributed by atoms with Crippen molar-refractivity contribution in [1.29, 1.82) is 0 Å². The first-order valence-corrected chi connectivity index (χ1v) is 8.82. The van der Waals surface area contributed by atoms with E-state index in [1.165, 1.54) is 6.20 Å². The van der Waals surface area contributed by atoms with Crippen LogP contribution in [0.1, 0.15) is 24.9 Å². The second-order valence-electron chi connectivity index (χ2n) is 6.66. The third kappa shape index (κ3) is 2.93. The molecule has 2 aromatic heterocycles. The summed E-state index contributed by atoms with van der Waals surface area (Å²) in [5.74, 6) is 0.706. The van der Waals surface area contributed by atoms with Crippen LogP contribution < -0.4 is 5.32 Å². The molecule has 0 bridgehead atoms. The molecule has 10 heteroatoms. The van der Waals surface area contributed by atoms with E-state index in [1.807, 2.05) is 31.2 Å². The average molecular weight is 394 g/mol. The van der Waals surface area contributed by atoms with Crippen molar-refractivity contribution in [3.05, 3.63) is 40.8 Å². The summed E-state index contributed by atoms with van der Waals surface area (Å²) in [6.07, 6.45) is -3.06. The van der Waals surface area contributed by atoms with E-state index in [2.05, 4.69) is 20.6 Å². The highest BCUT2D eigenvalue weighted by Gasteiger charge is 2.46. The number of hydrogen-bond donors (Lipinski definition) is 2. The Morgan fingerprint density at radius 3 is 2.70 bits per heavy atom. The Kier molecular flexibility index (Phi) is 4.10. The van der Waals surface area contributed by atoms with Gasteiger partial charge >= 0.3 is 6.18 Å². The number of alkyl halides is 3. The SMILES string of the molecule is Cc1ccccc1-n1c(-c2cnn3c2N[C@H](C)C[C@H]3C(F)(F)F)n[nH]c1=S. The monoisotopic (exact) mass is 394 g/mol. The van der Waals surface area contributed by atoms with Gasteiger partial charge in [0, 0.05) is 6.04 Å². The zero-order valence-corrected chi connectivity index (χ0v) is 15.4. The van der Waals surface area contributed by atoms with Gasteiger partial charge in [-0.15, -0.1) is 0 Å². The highest BCUT2D eigenvalue weighted by Crippen LogP contribution is 2.42. The number of anilines is 1. The van der Waals surface area contributed by atoms with Crippen LogP contribution in [0.3, 0.4) is 0 Å². The molecule has 0 saturated heterocycles. The molecule has 1 aromatic carbocycles. The van der Waals surface area contributed by atoms with Gasteiger partial charge in [-0.05, 0) is 44.1 Å². The summed E-state index contributed by atoms with van der Waals surface area (Å²) >= 11 is 5.37. The summed E-state index contributed by atoms with van der Waals surface area (Å²) in [4.78, 5) is 0. The predicted molar refractivity (Wildman–Crippen MR) is 97.5 cm³/mol. The van der Waals surface area contributed by atoms with Crippen LogP contribution in [0.4, 0.5) is 19.0 Å². The van der Waals surface area contributed by atoms with Crippen molar-refractivity contribution in [2.75, 3.05) is 5.32 Å². The molecule has 2 atom stereocenters. The van der Waals surface area contributed by atoms with Crippen LogP contribution in [-0.2, 0) is 0 Å². The Hall–Kier alpha value is -2.62. The summed E-state index contributed by atoms with van der Waals surface area (Å²) < 4.78 is 43.5. The molecule has 0 amide bonds. The molecule has 0 spiro atoms. The maximum atomic E-state index is 13.5. The number of para-hydroxylation sites is 1. The molecule has 0 fully saturated rings. The van der Waals surface area contributed by atoms with Crippen LogP contribution in [-0.4, -0.2) is 36.8 Å². The molecule has 3 aromatic rings. The first-order chi connectivity index (χ1) is 12.8. The van der Waals surface area contributed by atoms with Crippen molar-refractivity contribution in [1.82, 2.24) is 24.5 Å². The zero-order chi connectivity index (χ0) is 19.3. The van der Waals surface area contributed by atoms with Crippen LogP contribution in [0.15, 0.2) is 30.5 Å². The number of halogens is 3. The summed E-state index contributed by atoms with van der Waals surface area (Å²) in [6.45, 7) is 3.65. The fourth-order valence-electron chi connectivity index (χ4n) is 3.42. The number of nitrogens with one attached hydrogen (secondary N) is 2. The minimum absolute atomic E-state index is 0.0811. The van der Waals surface area contributed by atoms with Crippen LogP contribution in [0.2, 0.25) is 0 Å². The number of nitrogens with zero attached hydrogens (tertiary/aromatic N) is 4. The highest BCUT2D eigenvalue weighted by atomic mass is 32.1. The summed E-state index contributed by atoms with van der Waals surface area (Å²) in [5.41, 5.74) is 2.24. The molecule has 2 N–H and O–H groups in total. The van der Waals surface area contributed by atoms with Gasteiger partial charge in [-0.1, -0.05) is 18.2 Å². The molecule has 1 aliphatic heterocycles. The maximum absolute atomic E-state index is 13.5. The van der Waals surface area contributed by atoms with Crippen molar-refractivity contribution in [3.8, 4) is 17.1 Å². The second kappa shape index (κ2) is 6.22. The van der Waals surface area contributed by atoms with E-state index in [4.69, 9.17) is 12.2 Å². The third-order valence-corrected chi connectivity index (χ3v) is 4.97. The van der Waals surface area contributed by atoms with Crippen LogP contribution in [0.25, 0.3) is 17.1 Å². The lowest BCUT2D eigenvalue weighted by Crippen LogP contribution is -2.38. The normalized spacial score (nSPS) is 19.6. The third-order valence-electron chi connectivity index (χ3n) is 4.70. The minimum Gasteiger partial charge on any atom is -0.367 e. The van der Waals surface area contributed by atoms with Crippen LogP contribution >= 0.6 is 12.2 Å². The van der Waals surface area contributed by atoms with Crippen molar-refractivity contribution >= 4 is 18.0 Å². The number of hydrogen-bond acceptors (Lipinski definition) is 4. The Morgan fingerprint density at radius 2 is 2.00 bits per heavy atom. The highest BCUT2D eigenvalue weighted by molar-refractivity contribution is 7.71. The second-order valence-corrected chi connectivity index (χ2v) is 7.05. The molecule has 0 radical (unpaired) electrons. The summed E-state index contributed by atoms with van der Waals surface area (Å²) in [6, 6.07) is 5.56. The molecular weight excluding hydrogens is 377 g/mol. The molecule has 0 unspecified atom stereocenters. The first-order valence-electron chi connectivity index (χ1n) is 8.42. The Bertz CT molecular complexity index is 1050. The van der Waals surface area contributed by atoms with E-state index in [-0.39, 0.29) is 12.5 Å². The minimum atomic E-state index is -4.38. The molecule has 0 aliphatic carbocycles. The topological polar surface area (TPSA) is 63.5 Å². The van der Waals surface area contributed by atoms with Gasteiger partial charge in [0.05, 0.1) is 17.4 Å². The van der Waals surface area contributed by atoms with Crippen molar-refractivity contribution < 1.29 is 13.2 Å². The molecule has 3 heterocycles. The molecule has 27 heavy (non-hydrogen) atoms. The number of rotatable bonds is 2. The lowest BCUT2D eigenvalue weighted by atomic mass is 10.0.